The Morgan fingerprint density at radius 2 is 1.09 bits per heavy atom. The molecule has 0 bridgehead atoms. The molecule has 0 atom stereocenters. The molecule has 4 nitrogen and oxygen atoms in total. The van der Waals surface area contributed by atoms with Crippen LogP contribution in [-0.4, -0.2) is 22.2 Å². The zero-order valence-corrected chi connectivity index (χ0v) is 7.50. The number of carboxylic acid groups (broad SMARTS) is 2. The number of rotatable bonds is 2. The molecule has 0 aliphatic rings. The maximum Gasteiger partial charge on any atom is 0.303 e. The van der Waals surface area contributed by atoms with E-state index in [1.54, 1.807) is 13.8 Å². The van der Waals surface area contributed by atoms with Crippen LogP contribution in [-0.2, 0) is 26.4 Å². The molecule has 2 N–H and O–H groups in total. The Bertz CT molecular complexity index is 99.1. The fraction of sp³-hybridized carbons (Fsp3) is 0.667. The van der Waals surface area contributed by atoms with Crippen molar-refractivity contribution in [3.8, 4) is 0 Å². The van der Waals surface area contributed by atoms with E-state index in [2.05, 4.69) is 0 Å². The second-order valence-corrected chi connectivity index (χ2v) is 1.49. The minimum Gasteiger partial charge on any atom is -0.481 e. The topological polar surface area (TPSA) is 74.6 Å². The molecule has 0 fully saturated rings. The third kappa shape index (κ3) is 44.1. The summed E-state index contributed by atoms with van der Waals surface area (Å²) in [6, 6.07) is 0. The first-order chi connectivity index (χ1) is 4.54. The van der Waals surface area contributed by atoms with Gasteiger partial charge in [-0.3, -0.25) is 9.59 Å². The van der Waals surface area contributed by atoms with Crippen molar-refractivity contribution in [3.63, 3.8) is 0 Å². The van der Waals surface area contributed by atoms with Crippen LogP contribution in [0.3, 0.4) is 0 Å². The maximum absolute atomic E-state index is 9.37. The van der Waals surface area contributed by atoms with Crippen molar-refractivity contribution in [2.45, 2.75) is 26.7 Å². The largest absolute Gasteiger partial charge is 0.481 e. The summed E-state index contributed by atoms with van der Waals surface area (Å²) in [5, 5.41) is 15.4. The van der Waals surface area contributed by atoms with Crippen molar-refractivity contribution in [2.24, 2.45) is 0 Å². The van der Waals surface area contributed by atoms with E-state index in [1.165, 1.54) is 0 Å². The van der Waals surface area contributed by atoms with Crippen molar-refractivity contribution < 1.29 is 36.6 Å². The SMILES string of the molecule is CCC(=O)O.CCC(=O)O.[Co]. The quantitative estimate of drug-likeness (QED) is 0.707. The average molecular weight is 207 g/mol. The van der Waals surface area contributed by atoms with Gasteiger partial charge in [0.2, 0.25) is 0 Å². The normalized spacial score (nSPS) is 6.73. The summed E-state index contributed by atoms with van der Waals surface area (Å²) in [4.78, 5) is 18.7. The molecule has 0 heterocycles. The first kappa shape index (κ1) is 16.8. The van der Waals surface area contributed by atoms with Crippen molar-refractivity contribution in [1.29, 1.82) is 0 Å². The van der Waals surface area contributed by atoms with E-state index in [4.69, 9.17) is 10.2 Å². The van der Waals surface area contributed by atoms with Crippen LogP contribution in [0.4, 0.5) is 0 Å². The summed E-state index contributed by atoms with van der Waals surface area (Å²) in [6.45, 7) is 3.20. The van der Waals surface area contributed by atoms with Gasteiger partial charge in [0.1, 0.15) is 0 Å². The summed E-state index contributed by atoms with van der Waals surface area (Å²) in [6.07, 6.45) is 0.444. The maximum atomic E-state index is 9.37. The summed E-state index contributed by atoms with van der Waals surface area (Å²) in [7, 11) is 0. The molecule has 0 unspecified atom stereocenters. The smallest absolute Gasteiger partial charge is 0.303 e. The molecule has 0 aromatic carbocycles. The minimum absolute atomic E-state index is 0. The van der Waals surface area contributed by atoms with E-state index in [1.807, 2.05) is 0 Å². The van der Waals surface area contributed by atoms with Crippen LogP contribution in [0.15, 0.2) is 0 Å². The van der Waals surface area contributed by atoms with Gasteiger partial charge in [-0.1, -0.05) is 13.8 Å². The van der Waals surface area contributed by atoms with Crippen molar-refractivity contribution in [2.75, 3.05) is 0 Å². The van der Waals surface area contributed by atoms with Crippen LogP contribution in [0.25, 0.3) is 0 Å². The second-order valence-electron chi connectivity index (χ2n) is 1.49. The van der Waals surface area contributed by atoms with Crippen LogP contribution in [0, 0.1) is 0 Å². The number of hydrogen-bond donors (Lipinski definition) is 2. The van der Waals surface area contributed by atoms with Crippen LogP contribution in [0.2, 0.25) is 0 Å². The van der Waals surface area contributed by atoms with Gasteiger partial charge in [-0.25, -0.2) is 0 Å². The molecule has 11 heavy (non-hydrogen) atoms. The zero-order chi connectivity index (χ0) is 8.57. The molecule has 1 radical (unpaired) electrons. The van der Waals surface area contributed by atoms with Crippen LogP contribution < -0.4 is 0 Å². The van der Waals surface area contributed by atoms with Gasteiger partial charge in [-0.2, -0.15) is 0 Å². The molecule has 0 saturated carbocycles. The van der Waals surface area contributed by atoms with Gasteiger partial charge in [-0.05, 0) is 0 Å². The predicted molar refractivity (Wildman–Crippen MR) is 35.9 cm³/mol. The van der Waals surface area contributed by atoms with Crippen molar-refractivity contribution in [3.05, 3.63) is 0 Å². The fourth-order valence-corrected chi connectivity index (χ4v) is 0. The van der Waals surface area contributed by atoms with E-state index < -0.39 is 11.9 Å². The number of hydrogen-bond acceptors (Lipinski definition) is 2. The minimum atomic E-state index is -0.745. The van der Waals surface area contributed by atoms with Gasteiger partial charge in [-0.15, -0.1) is 0 Å². The summed E-state index contributed by atoms with van der Waals surface area (Å²) < 4.78 is 0. The van der Waals surface area contributed by atoms with Gasteiger partial charge in [0.25, 0.3) is 0 Å². The zero-order valence-electron chi connectivity index (χ0n) is 6.46. The molecule has 0 saturated heterocycles. The Labute approximate surface area is 75.8 Å². The molecular weight excluding hydrogens is 195 g/mol. The Morgan fingerprint density at radius 3 is 1.09 bits per heavy atom. The predicted octanol–water partition coefficient (Wildman–Crippen LogP) is 0.960. The Balaban J connectivity index is -0.000000107. The molecular formula is C6H12CoO4. The fourth-order valence-electron chi connectivity index (χ4n) is 0. The Kier molecular flexibility index (Phi) is 18.6. The summed E-state index contributed by atoms with van der Waals surface area (Å²) in [5.74, 6) is -1.49. The molecule has 0 aliphatic carbocycles. The summed E-state index contributed by atoms with van der Waals surface area (Å²) in [5.41, 5.74) is 0. The molecule has 0 aliphatic heterocycles. The standard InChI is InChI=1S/2C3H6O2.Co/c2*1-2-3(4)5;/h2*2H2,1H3,(H,4,5);. The van der Waals surface area contributed by atoms with Crippen molar-refractivity contribution in [1.82, 2.24) is 0 Å². The molecule has 0 aromatic rings. The van der Waals surface area contributed by atoms with Gasteiger partial charge in [0, 0.05) is 29.6 Å². The van der Waals surface area contributed by atoms with E-state index >= 15 is 0 Å². The van der Waals surface area contributed by atoms with E-state index in [-0.39, 0.29) is 29.6 Å². The van der Waals surface area contributed by atoms with E-state index in [0.717, 1.165) is 0 Å². The first-order valence-electron chi connectivity index (χ1n) is 2.98. The molecule has 5 heteroatoms. The van der Waals surface area contributed by atoms with Crippen LogP contribution >= 0.6 is 0 Å². The summed E-state index contributed by atoms with van der Waals surface area (Å²) >= 11 is 0. The molecule has 0 spiro atoms. The monoisotopic (exact) mass is 207 g/mol. The van der Waals surface area contributed by atoms with Gasteiger partial charge in [0.05, 0.1) is 0 Å². The van der Waals surface area contributed by atoms with Crippen LogP contribution in [0.5, 0.6) is 0 Å². The molecule has 0 rings (SSSR count). The number of aliphatic carboxylic acids is 2. The van der Waals surface area contributed by atoms with E-state index in [0.29, 0.717) is 0 Å². The van der Waals surface area contributed by atoms with Crippen LogP contribution in [0.1, 0.15) is 26.7 Å². The van der Waals surface area contributed by atoms with E-state index in [9.17, 15) is 9.59 Å². The average Bonchev–Trinajstić information content (AvgIpc) is 1.89. The molecule has 0 aromatic heterocycles. The number of carbonyl (C=O) groups is 2. The Morgan fingerprint density at radius 1 is 1.00 bits per heavy atom. The first-order valence-corrected chi connectivity index (χ1v) is 2.98. The molecule has 0 amide bonds. The Hall–Kier alpha value is -0.554. The van der Waals surface area contributed by atoms with Crippen molar-refractivity contribution >= 4 is 11.9 Å². The van der Waals surface area contributed by atoms with Gasteiger partial charge in [0.15, 0.2) is 0 Å². The molecule has 69 valence electrons. The van der Waals surface area contributed by atoms with Gasteiger partial charge >= 0.3 is 11.9 Å². The van der Waals surface area contributed by atoms with Gasteiger partial charge < -0.3 is 10.2 Å². The third-order valence-corrected chi connectivity index (χ3v) is 0.605. The second kappa shape index (κ2) is 12.2. The number of carboxylic acids is 2. The third-order valence-electron chi connectivity index (χ3n) is 0.605.